The molecule has 0 saturated heterocycles. The van der Waals surface area contributed by atoms with Crippen molar-refractivity contribution in [2.45, 2.75) is 34.3 Å². The Kier molecular flexibility index (Phi) is 4.90. The molecule has 3 rings (SSSR count). The van der Waals surface area contributed by atoms with Gasteiger partial charge in [0.1, 0.15) is 18.1 Å². The molecule has 0 spiro atoms. The van der Waals surface area contributed by atoms with Gasteiger partial charge in [-0.3, -0.25) is 10.1 Å². The van der Waals surface area contributed by atoms with Gasteiger partial charge < -0.3 is 9.15 Å². The van der Waals surface area contributed by atoms with Gasteiger partial charge in [0.15, 0.2) is 10.9 Å². The number of aromatic nitrogens is 1. The number of nitrogens with one attached hydrogen (secondary N) is 1. The quantitative estimate of drug-likeness (QED) is 0.713. The zero-order valence-corrected chi connectivity index (χ0v) is 15.5. The maximum atomic E-state index is 12.2. The molecule has 0 aliphatic heterocycles. The fourth-order valence-corrected chi connectivity index (χ4v) is 3.24. The predicted molar refractivity (Wildman–Crippen MR) is 98.5 cm³/mol. The van der Waals surface area contributed by atoms with Crippen molar-refractivity contribution in [1.29, 1.82) is 0 Å². The van der Waals surface area contributed by atoms with Gasteiger partial charge in [0, 0.05) is 4.88 Å². The molecule has 2 aromatic heterocycles. The largest absolute Gasteiger partial charge is 0.486 e. The third-order valence-electron chi connectivity index (χ3n) is 3.71. The van der Waals surface area contributed by atoms with E-state index in [-0.39, 0.29) is 18.3 Å². The highest BCUT2D eigenvalue weighted by Gasteiger charge is 2.14. The highest BCUT2D eigenvalue weighted by molar-refractivity contribution is 7.15. The molecule has 0 bridgehead atoms. The van der Waals surface area contributed by atoms with Crippen LogP contribution in [0.3, 0.4) is 0 Å². The van der Waals surface area contributed by atoms with Crippen LogP contribution < -0.4 is 10.1 Å². The maximum Gasteiger partial charge on any atom is 0.293 e. The number of hydrogen-bond acceptors (Lipinski definition) is 5. The number of benzene rings is 1. The second kappa shape index (κ2) is 7.11. The minimum Gasteiger partial charge on any atom is -0.486 e. The van der Waals surface area contributed by atoms with E-state index in [0.717, 1.165) is 27.4 Å². The Morgan fingerprint density at radius 2 is 1.88 bits per heavy atom. The molecule has 25 heavy (non-hydrogen) atoms. The summed E-state index contributed by atoms with van der Waals surface area (Å²) < 4.78 is 11.3. The summed E-state index contributed by atoms with van der Waals surface area (Å²) in [7, 11) is 0. The van der Waals surface area contributed by atoms with E-state index in [0.29, 0.717) is 10.9 Å². The highest BCUT2D eigenvalue weighted by atomic mass is 32.1. The van der Waals surface area contributed by atoms with Crippen molar-refractivity contribution < 1.29 is 13.9 Å². The summed E-state index contributed by atoms with van der Waals surface area (Å²) in [6, 6.07) is 9.41. The van der Waals surface area contributed by atoms with Crippen molar-refractivity contribution >= 4 is 22.4 Å². The van der Waals surface area contributed by atoms with Crippen molar-refractivity contribution in [2.24, 2.45) is 0 Å². The molecule has 0 unspecified atom stereocenters. The number of thiazole rings is 1. The summed E-state index contributed by atoms with van der Waals surface area (Å²) in [4.78, 5) is 17.6. The molecule has 1 aromatic carbocycles. The van der Waals surface area contributed by atoms with Gasteiger partial charge in [-0.25, -0.2) is 4.98 Å². The number of rotatable bonds is 5. The SMILES string of the molecule is Cc1cc(C)cc(OCc2ccc(C(=O)Nc3nc(C)c(C)s3)o2)c1. The van der Waals surface area contributed by atoms with Crippen LogP contribution in [0.25, 0.3) is 0 Å². The van der Waals surface area contributed by atoms with Crippen LogP contribution in [-0.4, -0.2) is 10.9 Å². The Morgan fingerprint density at radius 1 is 1.16 bits per heavy atom. The monoisotopic (exact) mass is 356 g/mol. The second-order valence-corrected chi connectivity index (χ2v) is 7.20. The van der Waals surface area contributed by atoms with Gasteiger partial charge in [0.2, 0.25) is 0 Å². The number of nitrogens with zero attached hydrogens (tertiary/aromatic N) is 1. The van der Waals surface area contributed by atoms with E-state index in [1.54, 1.807) is 12.1 Å². The minimum atomic E-state index is -0.314. The van der Waals surface area contributed by atoms with Crippen molar-refractivity contribution in [3.63, 3.8) is 0 Å². The molecule has 6 heteroatoms. The van der Waals surface area contributed by atoms with Crippen molar-refractivity contribution in [3.05, 3.63) is 63.6 Å². The Morgan fingerprint density at radius 3 is 2.52 bits per heavy atom. The summed E-state index contributed by atoms with van der Waals surface area (Å²) in [5.41, 5.74) is 3.20. The van der Waals surface area contributed by atoms with Crippen LogP contribution in [0.4, 0.5) is 5.13 Å². The van der Waals surface area contributed by atoms with Gasteiger partial charge in [0.25, 0.3) is 5.91 Å². The van der Waals surface area contributed by atoms with Crippen molar-refractivity contribution in [2.75, 3.05) is 5.32 Å². The lowest BCUT2D eigenvalue weighted by Crippen LogP contribution is -2.10. The van der Waals surface area contributed by atoms with Crippen LogP contribution >= 0.6 is 11.3 Å². The third-order valence-corrected chi connectivity index (χ3v) is 4.70. The van der Waals surface area contributed by atoms with Gasteiger partial charge in [-0.15, -0.1) is 11.3 Å². The summed E-state index contributed by atoms with van der Waals surface area (Å²) in [5.74, 6) is 1.31. The zero-order chi connectivity index (χ0) is 18.0. The molecule has 0 aliphatic carbocycles. The molecule has 2 heterocycles. The summed E-state index contributed by atoms with van der Waals surface area (Å²) >= 11 is 1.44. The van der Waals surface area contributed by atoms with Crippen molar-refractivity contribution in [1.82, 2.24) is 4.98 Å². The van der Waals surface area contributed by atoms with E-state index >= 15 is 0 Å². The van der Waals surface area contributed by atoms with Gasteiger partial charge in [-0.2, -0.15) is 0 Å². The standard InChI is InChI=1S/C19H20N2O3S/c1-11-7-12(2)9-16(8-11)23-10-15-5-6-17(24-15)18(22)21-19-20-13(3)14(4)25-19/h5-9H,10H2,1-4H3,(H,20,21,22). The topological polar surface area (TPSA) is 64.4 Å². The number of furan rings is 1. The summed E-state index contributed by atoms with van der Waals surface area (Å²) in [6.45, 7) is 8.20. The van der Waals surface area contributed by atoms with Gasteiger partial charge in [0.05, 0.1) is 5.69 Å². The van der Waals surface area contributed by atoms with E-state index < -0.39 is 0 Å². The van der Waals surface area contributed by atoms with E-state index in [9.17, 15) is 4.79 Å². The number of amides is 1. The first kappa shape index (κ1) is 17.2. The first-order valence-corrected chi connectivity index (χ1v) is 8.77. The number of ether oxygens (including phenoxy) is 1. The van der Waals surface area contributed by atoms with Crippen LogP contribution in [0.2, 0.25) is 0 Å². The number of carbonyl (C=O) groups is 1. The molecule has 130 valence electrons. The van der Waals surface area contributed by atoms with Gasteiger partial charge in [-0.1, -0.05) is 6.07 Å². The third kappa shape index (κ3) is 4.28. The molecule has 0 fully saturated rings. The van der Waals surface area contributed by atoms with Crippen LogP contribution in [0, 0.1) is 27.7 Å². The molecule has 1 N–H and O–H groups in total. The Labute approximate surface area is 150 Å². The van der Waals surface area contributed by atoms with Crippen LogP contribution in [-0.2, 0) is 6.61 Å². The predicted octanol–water partition coefficient (Wildman–Crippen LogP) is 4.80. The number of aryl methyl sites for hydroxylation is 4. The van der Waals surface area contributed by atoms with E-state index in [4.69, 9.17) is 9.15 Å². The molecule has 3 aromatic rings. The average Bonchev–Trinajstić information content (AvgIpc) is 3.12. The van der Waals surface area contributed by atoms with Crippen molar-refractivity contribution in [3.8, 4) is 5.75 Å². The van der Waals surface area contributed by atoms with Crippen LogP contribution in [0.5, 0.6) is 5.75 Å². The molecule has 1 amide bonds. The average molecular weight is 356 g/mol. The van der Waals surface area contributed by atoms with Crippen LogP contribution in [0.1, 0.15) is 38.0 Å². The number of hydrogen-bond donors (Lipinski definition) is 1. The van der Waals surface area contributed by atoms with E-state index in [2.05, 4.69) is 16.4 Å². The summed E-state index contributed by atoms with van der Waals surface area (Å²) in [6.07, 6.45) is 0. The smallest absolute Gasteiger partial charge is 0.293 e. The number of anilines is 1. The molecule has 0 radical (unpaired) electrons. The lowest BCUT2D eigenvalue weighted by atomic mass is 10.1. The maximum absolute atomic E-state index is 12.2. The second-order valence-electron chi connectivity index (χ2n) is 5.99. The van der Waals surface area contributed by atoms with Gasteiger partial charge in [-0.05, 0) is 63.1 Å². The lowest BCUT2D eigenvalue weighted by Gasteiger charge is -2.06. The van der Waals surface area contributed by atoms with E-state index in [1.165, 1.54) is 11.3 Å². The lowest BCUT2D eigenvalue weighted by molar-refractivity contribution is 0.0992. The molecule has 5 nitrogen and oxygen atoms in total. The van der Waals surface area contributed by atoms with E-state index in [1.807, 2.05) is 39.8 Å². The Bertz CT molecular complexity index is 872. The molecular formula is C19H20N2O3S. The Hall–Kier alpha value is -2.60. The van der Waals surface area contributed by atoms with Gasteiger partial charge >= 0.3 is 0 Å². The molecule has 0 aliphatic rings. The first-order chi connectivity index (χ1) is 11.9. The molecule has 0 atom stereocenters. The summed E-state index contributed by atoms with van der Waals surface area (Å²) in [5, 5.41) is 3.33. The van der Waals surface area contributed by atoms with Crippen LogP contribution in [0.15, 0.2) is 34.7 Å². The Balaban J connectivity index is 1.62. The zero-order valence-electron chi connectivity index (χ0n) is 14.7. The first-order valence-electron chi connectivity index (χ1n) is 7.96. The minimum absolute atomic E-state index is 0.240. The fourth-order valence-electron chi connectivity index (χ4n) is 2.43. The normalized spacial score (nSPS) is 10.7. The molecular weight excluding hydrogens is 336 g/mol. The highest BCUT2D eigenvalue weighted by Crippen LogP contribution is 2.22. The number of carbonyl (C=O) groups excluding carboxylic acids is 1. The molecule has 0 saturated carbocycles. The fraction of sp³-hybridized carbons (Fsp3) is 0.263.